The lowest BCUT2D eigenvalue weighted by Crippen LogP contribution is -2.06. The van der Waals surface area contributed by atoms with Crippen molar-refractivity contribution < 1.29 is 27.4 Å². The average Bonchev–Trinajstić information content (AvgIpc) is 2.37. The van der Waals surface area contributed by atoms with Crippen LogP contribution in [0.1, 0.15) is 17.5 Å². The van der Waals surface area contributed by atoms with Crippen molar-refractivity contribution in [3.63, 3.8) is 0 Å². The third-order valence-electron chi connectivity index (χ3n) is 2.21. The van der Waals surface area contributed by atoms with E-state index in [2.05, 4.69) is 9.72 Å². The highest BCUT2D eigenvalue weighted by Gasteiger charge is 2.31. The van der Waals surface area contributed by atoms with E-state index in [1.165, 1.54) is 26.4 Å². The summed E-state index contributed by atoms with van der Waals surface area (Å²) < 4.78 is 46.8. The van der Waals surface area contributed by atoms with Gasteiger partial charge in [-0.25, -0.2) is 4.98 Å². The first kappa shape index (κ1) is 15.0. The molecule has 19 heavy (non-hydrogen) atoms. The fourth-order valence-corrected chi connectivity index (χ4v) is 1.28. The van der Waals surface area contributed by atoms with Gasteiger partial charge in [0, 0.05) is 11.8 Å². The minimum Gasteiger partial charge on any atom is -0.481 e. The van der Waals surface area contributed by atoms with E-state index in [9.17, 15) is 18.0 Å². The summed E-state index contributed by atoms with van der Waals surface area (Å²) in [6.07, 6.45) is -1.12. The standard InChI is InChI=1S/C12H12F3NO3/c1-18-10(17)5-3-4-8-6-9(12(13,14)15)7-16-11(8)19-2/h3-4,6-7H,5H2,1-2H3. The predicted molar refractivity (Wildman–Crippen MR) is 61.5 cm³/mol. The van der Waals surface area contributed by atoms with Crippen molar-refractivity contribution >= 4 is 12.0 Å². The zero-order valence-corrected chi connectivity index (χ0v) is 10.3. The molecule has 1 aromatic heterocycles. The zero-order chi connectivity index (χ0) is 14.5. The molecule has 1 aromatic rings. The molecule has 104 valence electrons. The summed E-state index contributed by atoms with van der Waals surface area (Å²) in [5, 5.41) is 0. The Kier molecular flexibility index (Phi) is 4.91. The van der Waals surface area contributed by atoms with Gasteiger partial charge in [-0.2, -0.15) is 13.2 Å². The summed E-state index contributed by atoms with van der Waals surface area (Å²) in [5.74, 6) is -0.440. The van der Waals surface area contributed by atoms with Crippen LogP contribution in [-0.2, 0) is 15.7 Å². The third kappa shape index (κ3) is 4.27. The SMILES string of the molecule is COC(=O)CC=Cc1cc(C(F)(F)F)cnc1OC. The first-order chi connectivity index (χ1) is 8.88. The summed E-state index contributed by atoms with van der Waals surface area (Å²) in [4.78, 5) is 14.5. The Morgan fingerprint density at radius 2 is 2.11 bits per heavy atom. The van der Waals surface area contributed by atoms with Gasteiger partial charge in [0.25, 0.3) is 0 Å². The van der Waals surface area contributed by atoms with Crippen molar-refractivity contribution in [2.45, 2.75) is 12.6 Å². The molecule has 0 amide bonds. The first-order valence-electron chi connectivity index (χ1n) is 5.23. The number of rotatable bonds is 4. The van der Waals surface area contributed by atoms with E-state index in [4.69, 9.17) is 4.74 Å². The van der Waals surface area contributed by atoms with Crippen molar-refractivity contribution in [1.29, 1.82) is 0 Å². The van der Waals surface area contributed by atoms with Crippen LogP contribution >= 0.6 is 0 Å². The average molecular weight is 275 g/mol. The van der Waals surface area contributed by atoms with Gasteiger partial charge in [-0.15, -0.1) is 0 Å². The van der Waals surface area contributed by atoms with E-state index in [0.717, 1.165) is 6.07 Å². The van der Waals surface area contributed by atoms with E-state index < -0.39 is 17.7 Å². The molecule has 0 aliphatic rings. The Balaban J connectivity index is 3.00. The second-order valence-corrected chi connectivity index (χ2v) is 3.50. The number of alkyl halides is 3. The summed E-state index contributed by atoms with van der Waals surface area (Å²) in [6.45, 7) is 0. The van der Waals surface area contributed by atoms with Crippen LogP contribution < -0.4 is 4.74 Å². The monoisotopic (exact) mass is 275 g/mol. The number of halogens is 3. The van der Waals surface area contributed by atoms with Crippen molar-refractivity contribution in [2.24, 2.45) is 0 Å². The molecule has 0 bridgehead atoms. The number of carbonyl (C=O) groups excluding carboxylic acids is 1. The van der Waals surface area contributed by atoms with E-state index >= 15 is 0 Å². The van der Waals surface area contributed by atoms with Crippen LogP contribution in [0.5, 0.6) is 5.88 Å². The highest BCUT2D eigenvalue weighted by atomic mass is 19.4. The third-order valence-corrected chi connectivity index (χ3v) is 2.21. The molecule has 0 aliphatic heterocycles. The largest absolute Gasteiger partial charge is 0.481 e. The lowest BCUT2D eigenvalue weighted by atomic mass is 10.1. The number of nitrogens with zero attached hydrogens (tertiary/aromatic N) is 1. The lowest BCUT2D eigenvalue weighted by Gasteiger charge is -2.09. The zero-order valence-electron chi connectivity index (χ0n) is 10.3. The maximum atomic E-state index is 12.5. The number of aromatic nitrogens is 1. The fourth-order valence-electron chi connectivity index (χ4n) is 1.28. The van der Waals surface area contributed by atoms with Crippen molar-refractivity contribution in [3.05, 3.63) is 29.5 Å². The van der Waals surface area contributed by atoms with Crippen molar-refractivity contribution in [1.82, 2.24) is 4.98 Å². The van der Waals surface area contributed by atoms with Gasteiger partial charge in [-0.1, -0.05) is 12.2 Å². The smallest absolute Gasteiger partial charge is 0.417 e. The van der Waals surface area contributed by atoms with Gasteiger partial charge in [0.1, 0.15) is 0 Å². The number of pyridine rings is 1. The predicted octanol–water partition coefficient (Wildman–Crippen LogP) is 2.69. The molecule has 1 heterocycles. The maximum Gasteiger partial charge on any atom is 0.417 e. The number of carbonyl (C=O) groups is 1. The van der Waals surface area contributed by atoms with Crippen LogP contribution in [0, 0.1) is 0 Å². The Hall–Kier alpha value is -2.05. The normalized spacial score (nSPS) is 11.6. The number of ether oxygens (including phenoxy) is 2. The van der Waals surface area contributed by atoms with Crippen LogP contribution in [-0.4, -0.2) is 25.2 Å². The Bertz CT molecular complexity index is 484. The van der Waals surface area contributed by atoms with E-state index in [-0.39, 0.29) is 17.9 Å². The molecule has 0 spiro atoms. The van der Waals surface area contributed by atoms with Gasteiger partial charge < -0.3 is 9.47 Å². The molecule has 0 fully saturated rings. The summed E-state index contributed by atoms with van der Waals surface area (Å²) >= 11 is 0. The fraction of sp³-hybridized carbons (Fsp3) is 0.333. The molecular weight excluding hydrogens is 263 g/mol. The van der Waals surface area contributed by atoms with Gasteiger partial charge in [0.15, 0.2) is 0 Å². The topological polar surface area (TPSA) is 48.4 Å². The first-order valence-corrected chi connectivity index (χ1v) is 5.23. The molecule has 0 radical (unpaired) electrons. The Morgan fingerprint density at radius 1 is 1.42 bits per heavy atom. The van der Waals surface area contributed by atoms with Crippen LogP contribution in [0.3, 0.4) is 0 Å². The molecule has 0 saturated carbocycles. The van der Waals surface area contributed by atoms with Crippen LogP contribution in [0.2, 0.25) is 0 Å². The highest BCUT2D eigenvalue weighted by molar-refractivity contribution is 5.72. The number of methoxy groups -OCH3 is 2. The van der Waals surface area contributed by atoms with E-state index in [1.807, 2.05) is 0 Å². The molecule has 0 atom stereocenters. The van der Waals surface area contributed by atoms with Crippen LogP contribution in [0.4, 0.5) is 13.2 Å². The van der Waals surface area contributed by atoms with Crippen LogP contribution in [0.15, 0.2) is 18.3 Å². The molecule has 0 aromatic carbocycles. The summed E-state index contributed by atoms with van der Waals surface area (Å²) in [5.41, 5.74) is -0.743. The van der Waals surface area contributed by atoms with Gasteiger partial charge >= 0.3 is 12.1 Å². The van der Waals surface area contributed by atoms with Crippen molar-refractivity contribution in [3.8, 4) is 5.88 Å². The Morgan fingerprint density at radius 3 is 2.63 bits per heavy atom. The molecule has 0 unspecified atom stereocenters. The summed E-state index contributed by atoms with van der Waals surface area (Å²) in [6, 6.07) is 0.902. The summed E-state index contributed by atoms with van der Waals surface area (Å²) in [7, 11) is 2.52. The van der Waals surface area contributed by atoms with Gasteiger partial charge in [-0.3, -0.25) is 4.79 Å². The Labute approximate surface area is 107 Å². The molecule has 1 rings (SSSR count). The van der Waals surface area contributed by atoms with E-state index in [1.54, 1.807) is 0 Å². The molecule has 0 N–H and O–H groups in total. The lowest BCUT2D eigenvalue weighted by molar-refractivity contribution is -0.139. The molecular formula is C12H12F3NO3. The highest BCUT2D eigenvalue weighted by Crippen LogP contribution is 2.31. The maximum absolute atomic E-state index is 12.5. The quantitative estimate of drug-likeness (QED) is 0.793. The minimum absolute atomic E-state index is 0.0457. The minimum atomic E-state index is -4.48. The number of hydrogen-bond acceptors (Lipinski definition) is 4. The van der Waals surface area contributed by atoms with Crippen LogP contribution in [0.25, 0.3) is 6.08 Å². The molecule has 7 heteroatoms. The van der Waals surface area contributed by atoms with Gasteiger partial charge in [0.2, 0.25) is 5.88 Å². The van der Waals surface area contributed by atoms with Gasteiger partial charge in [0.05, 0.1) is 26.2 Å². The molecule has 0 aliphatic carbocycles. The second-order valence-electron chi connectivity index (χ2n) is 3.50. The van der Waals surface area contributed by atoms with Gasteiger partial charge in [-0.05, 0) is 6.07 Å². The van der Waals surface area contributed by atoms with E-state index in [0.29, 0.717) is 6.20 Å². The number of esters is 1. The number of hydrogen-bond donors (Lipinski definition) is 0. The van der Waals surface area contributed by atoms with Crippen molar-refractivity contribution in [2.75, 3.05) is 14.2 Å². The molecule has 0 saturated heterocycles. The second kappa shape index (κ2) is 6.21. The molecule has 4 nitrogen and oxygen atoms in total.